The van der Waals surface area contributed by atoms with Gasteiger partial charge in [-0.05, 0) is 5.41 Å². The number of hydrogen-bond acceptors (Lipinski definition) is 3. The van der Waals surface area contributed by atoms with Crippen LogP contribution in [0.5, 0.6) is 0 Å². The van der Waals surface area contributed by atoms with E-state index in [0.29, 0.717) is 0 Å². The molecule has 10 heavy (non-hydrogen) atoms. The molecule has 0 aromatic rings. The highest BCUT2D eigenvalue weighted by Crippen LogP contribution is 2.41. The second-order valence-corrected chi connectivity index (χ2v) is 3.33. The molecular formula is C7H5NOS. The van der Waals surface area contributed by atoms with E-state index in [-0.39, 0.29) is 0 Å². The lowest BCUT2D eigenvalue weighted by molar-refractivity contribution is 0.437. The fourth-order valence-electron chi connectivity index (χ4n) is 1.16. The Kier molecular flexibility index (Phi) is 0.699. The molecule has 0 aliphatic carbocycles. The molecular weight excluding hydrogens is 146 g/mol. The predicted molar refractivity (Wildman–Crippen MR) is 39.6 cm³/mol. The van der Waals surface area contributed by atoms with Crippen LogP contribution in [0.3, 0.4) is 0 Å². The van der Waals surface area contributed by atoms with Crippen LogP contribution >= 0.6 is 11.8 Å². The second-order valence-electron chi connectivity index (χ2n) is 2.40. The minimum Gasteiger partial charge on any atom is -0.452 e. The van der Waals surface area contributed by atoms with Gasteiger partial charge in [0, 0.05) is 12.3 Å². The summed E-state index contributed by atoms with van der Waals surface area (Å²) < 4.78 is 5.18. The van der Waals surface area contributed by atoms with Gasteiger partial charge in [-0.1, -0.05) is 11.8 Å². The van der Waals surface area contributed by atoms with Crippen LogP contribution in [-0.4, -0.2) is 11.4 Å². The molecule has 0 radical (unpaired) electrons. The Balaban J connectivity index is 2.05. The van der Waals surface area contributed by atoms with Gasteiger partial charge in [0.25, 0.3) is 0 Å². The summed E-state index contributed by atoms with van der Waals surface area (Å²) in [5, 5.41) is 3.38. The molecule has 50 valence electrons. The quantitative estimate of drug-likeness (QED) is 0.523. The minimum atomic E-state index is 0.935. The fraction of sp³-hybridized carbons (Fsp3) is 0.143. The highest BCUT2D eigenvalue weighted by molar-refractivity contribution is 8.06. The lowest BCUT2D eigenvalue weighted by atomic mass is 10.4. The Morgan fingerprint density at radius 3 is 3.60 bits per heavy atom. The lowest BCUT2D eigenvalue weighted by Gasteiger charge is -2.13. The number of nitrogens with zero attached hydrogens (tertiary/aromatic N) is 1. The molecule has 0 spiro atoms. The zero-order valence-electron chi connectivity index (χ0n) is 5.20. The molecule has 0 amide bonds. The average molecular weight is 151 g/mol. The number of fused-ring (bicyclic) bond motifs is 1. The van der Waals surface area contributed by atoms with Gasteiger partial charge < -0.3 is 9.64 Å². The summed E-state index contributed by atoms with van der Waals surface area (Å²) in [6.45, 7) is 0.935. The first kappa shape index (κ1) is 4.91. The van der Waals surface area contributed by atoms with E-state index in [0.717, 1.165) is 18.1 Å². The third-order valence-corrected chi connectivity index (χ3v) is 2.60. The highest BCUT2D eigenvalue weighted by atomic mass is 32.2. The van der Waals surface area contributed by atoms with Crippen molar-refractivity contribution >= 4 is 11.8 Å². The van der Waals surface area contributed by atoms with Gasteiger partial charge in [0.05, 0.1) is 11.6 Å². The average Bonchev–Trinajstić information content (AvgIpc) is 2.52. The molecule has 3 rings (SSSR count). The van der Waals surface area contributed by atoms with Gasteiger partial charge in [0.15, 0.2) is 11.5 Å². The van der Waals surface area contributed by atoms with Crippen LogP contribution in [0.2, 0.25) is 0 Å². The first-order valence-corrected chi connectivity index (χ1v) is 4.04. The van der Waals surface area contributed by atoms with Gasteiger partial charge in [-0.25, -0.2) is 0 Å². The van der Waals surface area contributed by atoms with Crippen LogP contribution in [0.4, 0.5) is 0 Å². The van der Waals surface area contributed by atoms with Gasteiger partial charge in [-0.3, -0.25) is 0 Å². The van der Waals surface area contributed by atoms with Crippen molar-refractivity contribution in [2.24, 2.45) is 0 Å². The van der Waals surface area contributed by atoms with Gasteiger partial charge in [-0.15, -0.1) is 0 Å². The van der Waals surface area contributed by atoms with Crippen LogP contribution in [-0.2, 0) is 4.74 Å². The molecule has 3 aliphatic heterocycles. The van der Waals surface area contributed by atoms with Crippen molar-refractivity contribution in [3.63, 3.8) is 0 Å². The van der Waals surface area contributed by atoms with E-state index in [9.17, 15) is 0 Å². The van der Waals surface area contributed by atoms with E-state index < -0.39 is 0 Å². The molecule has 0 aromatic carbocycles. The fourth-order valence-corrected chi connectivity index (χ4v) is 1.94. The summed E-state index contributed by atoms with van der Waals surface area (Å²) in [4.78, 5) is 2.19. The number of thioether (sulfide) groups is 1. The summed E-state index contributed by atoms with van der Waals surface area (Å²) in [6, 6.07) is 0. The third kappa shape index (κ3) is 0.508. The second kappa shape index (κ2) is 1.42. The van der Waals surface area contributed by atoms with E-state index in [1.54, 1.807) is 11.8 Å². The Labute approximate surface area is 62.8 Å². The molecule has 0 bridgehead atoms. The molecule has 0 aromatic heterocycles. The number of hydrogen-bond donors (Lipinski definition) is 0. The molecule has 3 heterocycles. The largest absolute Gasteiger partial charge is 0.452 e. The van der Waals surface area contributed by atoms with Crippen LogP contribution < -0.4 is 0 Å². The van der Waals surface area contributed by atoms with Crippen LogP contribution in [0.1, 0.15) is 0 Å². The van der Waals surface area contributed by atoms with E-state index in [2.05, 4.69) is 22.6 Å². The first-order chi connectivity index (χ1) is 4.93. The summed E-state index contributed by atoms with van der Waals surface area (Å²) in [6.07, 6.45) is 4.17. The molecule has 3 heteroatoms. The van der Waals surface area contributed by atoms with Crippen molar-refractivity contribution in [1.82, 2.24) is 4.90 Å². The maximum Gasteiger partial charge on any atom is 0.170 e. The Morgan fingerprint density at radius 2 is 2.60 bits per heavy atom. The summed E-state index contributed by atoms with van der Waals surface area (Å²) in [5.74, 6) is 2.22. The lowest BCUT2D eigenvalue weighted by Crippen LogP contribution is -2.13. The maximum absolute atomic E-state index is 5.18. The van der Waals surface area contributed by atoms with Gasteiger partial charge >= 0.3 is 0 Å². The van der Waals surface area contributed by atoms with Crippen LogP contribution in [0, 0.1) is 0 Å². The van der Waals surface area contributed by atoms with Crippen molar-refractivity contribution in [1.29, 1.82) is 0 Å². The number of allylic oxidation sites excluding steroid dienone is 1. The first-order valence-electron chi connectivity index (χ1n) is 3.16. The monoisotopic (exact) mass is 151 g/mol. The van der Waals surface area contributed by atoms with E-state index in [1.807, 2.05) is 0 Å². The van der Waals surface area contributed by atoms with E-state index in [1.165, 1.54) is 5.03 Å². The molecule has 0 saturated heterocycles. The van der Waals surface area contributed by atoms with Crippen molar-refractivity contribution < 1.29 is 4.74 Å². The zero-order valence-corrected chi connectivity index (χ0v) is 6.02. The standard InChI is InChI=1S/C7H5NOS/c1-2-10-7-3-5-6(9-5)4-8(1)7/h1-3H,4H2. The van der Waals surface area contributed by atoms with Crippen molar-refractivity contribution in [3.05, 3.63) is 34.2 Å². The molecule has 0 saturated carbocycles. The zero-order chi connectivity index (χ0) is 6.55. The summed E-state index contributed by atoms with van der Waals surface area (Å²) in [5.41, 5.74) is 0. The van der Waals surface area contributed by atoms with E-state index in [4.69, 9.17) is 4.74 Å². The van der Waals surface area contributed by atoms with Gasteiger partial charge in [0.1, 0.15) is 0 Å². The Hall–Kier alpha value is -0.830. The van der Waals surface area contributed by atoms with Crippen LogP contribution in [0.15, 0.2) is 34.2 Å². The highest BCUT2D eigenvalue weighted by Gasteiger charge is 2.32. The number of ether oxygens (including phenoxy) is 1. The van der Waals surface area contributed by atoms with Crippen molar-refractivity contribution in [3.8, 4) is 0 Å². The molecule has 0 fully saturated rings. The number of rotatable bonds is 0. The van der Waals surface area contributed by atoms with Gasteiger partial charge in [-0.2, -0.15) is 0 Å². The summed E-state index contributed by atoms with van der Waals surface area (Å²) >= 11 is 1.75. The van der Waals surface area contributed by atoms with E-state index >= 15 is 0 Å². The molecule has 3 aliphatic rings. The van der Waals surface area contributed by atoms with Crippen molar-refractivity contribution in [2.45, 2.75) is 0 Å². The smallest absolute Gasteiger partial charge is 0.170 e. The Bertz CT molecular complexity index is 290. The molecule has 2 nitrogen and oxygen atoms in total. The maximum atomic E-state index is 5.18. The SMILES string of the molecule is C1=CN2CC3=C(C=C2S1)O3. The topological polar surface area (TPSA) is 15.8 Å². The van der Waals surface area contributed by atoms with Crippen molar-refractivity contribution in [2.75, 3.05) is 6.54 Å². The minimum absolute atomic E-state index is 0.935. The van der Waals surface area contributed by atoms with Crippen LogP contribution in [0.25, 0.3) is 0 Å². The predicted octanol–water partition coefficient (Wildman–Crippen LogP) is 1.60. The van der Waals surface area contributed by atoms with Gasteiger partial charge in [0.2, 0.25) is 0 Å². The normalized spacial score (nSPS) is 25.6. The molecule has 0 unspecified atom stereocenters. The summed E-state index contributed by atoms with van der Waals surface area (Å²) in [7, 11) is 0. The molecule has 0 N–H and O–H groups in total. The molecule has 0 atom stereocenters. The third-order valence-electron chi connectivity index (χ3n) is 1.75. The Morgan fingerprint density at radius 1 is 1.60 bits per heavy atom.